The third-order valence-corrected chi connectivity index (χ3v) is 6.25. The van der Waals surface area contributed by atoms with Gasteiger partial charge in [0.15, 0.2) is 11.6 Å². The summed E-state index contributed by atoms with van der Waals surface area (Å²) in [4.78, 5) is 25.8. The molecule has 1 heterocycles. The number of carbonyl (C=O) groups is 2. The summed E-state index contributed by atoms with van der Waals surface area (Å²) in [5, 5.41) is 3.46. The van der Waals surface area contributed by atoms with E-state index in [1.807, 2.05) is 24.4 Å². The highest BCUT2D eigenvalue weighted by Crippen LogP contribution is 2.31. The number of para-hydroxylation sites is 1. The van der Waals surface area contributed by atoms with Crippen molar-refractivity contribution in [1.29, 1.82) is 0 Å². The van der Waals surface area contributed by atoms with E-state index in [9.17, 15) is 9.59 Å². The summed E-state index contributed by atoms with van der Waals surface area (Å²) < 4.78 is 2.19. The molecular formula is C29H19NO2. The Kier molecular flexibility index (Phi) is 4.15. The van der Waals surface area contributed by atoms with Crippen LogP contribution in [0.2, 0.25) is 0 Å². The molecule has 0 saturated heterocycles. The van der Waals surface area contributed by atoms with Gasteiger partial charge in [0.2, 0.25) is 0 Å². The van der Waals surface area contributed by atoms with E-state index < -0.39 is 0 Å². The molecule has 0 fully saturated rings. The number of nitrogens with zero attached hydrogens (tertiary/aromatic N) is 1. The molecule has 1 aliphatic rings. The molecule has 0 saturated carbocycles. The Morgan fingerprint density at radius 2 is 1.28 bits per heavy atom. The van der Waals surface area contributed by atoms with Gasteiger partial charge in [0.25, 0.3) is 0 Å². The fourth-order valence-corrected chi connectivity index (χ4v) is 4.69. The van der Waals surface area contributed by atoms with Gasteiger partial charge in [-0.25, -0.2) is 0 Å². The average Bonchev–Trinajstić information content (AvgIpc) is 3.30. The zero-order chi connectivity index (χ0) is 21.7. The second-order valence-corrected chi connectivity index (χ2v) is 8.13. The minimum atomic E-state index is -0.198. The van der Waals surface area contributed by atoms with Gasteiger partial charge in [0.05, 0.1) is 5.57 Å². The van der Waals surface area contributed by atoms with Crippen molar-refractivity contribution in [3.8, 4) is 0 Å². The van der Waals surface area contributed by atoms with Crippen molar-refractivity contribution in [2.24, 2.45) is 0 Å². The van der Waals surface area contributed by atoms with Crippen LogP contribution in [0.1, 0.15) is 31.8 Å². The smallest absolute Gasteiger partial charge is 0.197 e. The molecular weight excluding hydrogens is 394 g/mol. The van der Waals surface area contributed by atoms with Crippen LogP contribution < -0.4 is 0 Å². The van der Waals surface area contributed by atoms with E-state index in [1.165, 1.54) is 16.3 Å². The molecule has 0 amide bonds. The lowest BCUT2D eigenvalue weighted by Gasteiger charge is -2.09. The summed E-state index contributed by atoms with van der Waals surface area (Å²) in [5.74, 6) is -0.395. The Hall–Kier alpha value is -4.24. The fourth-order valence-electron chi connectivity index (χ4n) is 4.69. The van der Waals surface area contributed by atoms with Crippen LogP contribution in [-0.2, 0) is 6.54 Å². The van der Waals surface area contributed by atoms with Crippen molar-refractivity contribution in [1.82, 2.24) is 4.57 Å². The number of Topliss-reactive ketones (excluding diaryl/α,β-unsaturated/α-hetero) is 2. The first kappa shape index (κ1) is 18.5. The van der Waals surface area contributed by atoms with Gasteiger partial charge < -0.3 is 4.57 Å². The molecule has 0 N–H and O–H groups in total. The quantitative estimate of drug-likeness (QED) is 0.257. The molecule has 6 rings (SSSR count). The SMILES string of the molecule is O=C1C(=Cc2cn(Cc3cccc4ccccc34)c3ccccc23)C(=O)c2ccccc21. The topological polar surface area (TPSA) is 39.1 Å². The van der Waals surface area contributed by atoms with E-state index in [0.29, 0.717) is 17.7 Å². The second kappa shape index (κ2) is 7.17. The molecule has 0 aliphatic heterocycles. The molecule has 0 unspecified atom stereocenters. The number of fused-ring (bicyclic) bond motifs is 3. The monoisotopic (exact) mass is 413 g/mol. The highest BCUT2D eigenvalue weighted by Gasteiger charge is 2.32. The van der Waals surface area contributed by atoms with Crippen LogP contribution in [0.3, 0.4) is 0 Å². The normalized spacial score (nSPS) is 13.2. The zero-order valence-electron chi connectivity index (χ0n) is 17.3. The third-order valence-electron chi connectivity index (χ3n) is 6.25. The average molecular weight is 413 g/mol. The molecule has 0 radical (unpaired) electrons. The lowest BCUT2D eigenvalue weighted by Crippen LogP contribution is -2.00. The third kappa shape index (κ3) is 2.83. The minimum Gasteiger partial charge on any atom is -0.342 e. The standard InChI is InChI=1S/C29H19NO2/c31-28-24-13-3-4-14-25(24)29(32)26(28)16-21-18-30(27-15-6-5-12-23(21)27)17-20-10-7-9-19-8-1-2-11-22(19)20/h1-16,18H,17H2. The summed E-state index contributed by atoms with van der Waals surface area (Å²) in [5.41, 5.74) is 4.39. The van der Waals surface area contributed by atoms with Gasteiger partial charge >= 0.3 is 0 Å². The van der Waals surface area contributed by atoms with Gasteiger partial charge in [-0.05, 0) is 28.5 Å². The zero-order valence-corrected chi connectivity index (χ0v) is 17.3. The number of hydrogen-bond acceptors (Lipinski definition) is 2. The van der Waals surface area contributed by atoms with E-state index in [-0.39, 0.29) is 17.1 Å². The maximum absolute atomic E-state index is 12.9. The molecule has 5 aromatic rings. The van der Waals surface area contributed by atoms with Crippen LogP contribution in [-0.4, -0.2) is 16.1 Å². The lowest BCUT2D eigenvalue weighted by atomic mass is 10.0. The van der Waals surface area contributed by atoms with Crippen LogP contribution in [0.4, 0.5) is 0 Å². The van der Waals surface area contributed by atoms with Crippen LogP contribution in [0.15, 0.2) is 103 Å². The maximum Gasteiger partial charge on any atom is 0.197 e. The van der Waals surface area contributed by atoms with Crippen molar-refractivity contribution in [3.05, 3.63) is 125 Å². The second-order valence-electron chi connectivity index (χ2n) is 8.13. The van der Waals surface area contributed by atoms with E-state index >= 15 is 0 Å². The van der Waals surface area contributed by atoms with Crippen molar-refractivity contribution in [3.63, 3.8) is 0 Å². The van der Waals surface area contributed by atoms with E-state index in [1.54, 1.807) is 30.3 Å². The van der Waals surface area contributed by atoms with Gasteiger partial charge in [-0.2, -0.15) is 0 Å². The first-order chi connectivity index (χ1) is 15.7. The number of allylic oxidation sites excluding steroid dienone is 1. The van der Waals surface area contributed by atoms with Gasteiger partial charge in [0, 0.05) is 40.3 Å². The number of benzene rings is 4. The van der Waals surface area contributed by atoms with Crippen molar-refractivity contribution in [2.75, 3.05) is 0 Å². The van der Waals surface area contributed by atoms with E-state index in [0.717, 1.165) is 16.5 Å². The Bertz CT molecular complexity index is 1540. The van der Waals surface area contributed by atoms with Crippen molar-refractivity contribution in [2.45, 2.75) is 6.54 Å². The summed E-state index contributed by atoms with van der Waals surface area (Å²) in [6.45, 7) is 0.702. The molecule has 1 aliphatic carbocycles. The van der Waals surface area contributed by atoms with Gasteiger partial charge in [0.1, 0.15) is 0 Å². The first-order valence-electron chi connectivity index (χ1n) is 10.7. The van der Waals surface area contributed by atoms with Crippen molar-refractivity contribution < 1.29 is 9.59 Å². The molecule has 0 bridgehead atoms. The van der Waals surface area contributed by atoms with Crippen LogP contribution in [0, 0.1) is 0 Å². The van der Waals surface area contributed by atoms with Gasteiger partial charge in [-0.3, -0.25) is 9.59 Å². The molecule has 32 heavy (non-hydrogen) atoms. The highest BCUT2D eigenvalue weighted by atomic mass is 16.2. The molecule has 0 atom stereocenters. The maximum atomic E-state index is 12.9. The molecule has 4 aromatic carbocycles. The molecule has 3 heteroatoms. The largest absolute Gasteiger partial charge is 0.342 e. The van der Waals surface area contributed by atoms with E-state index in [4.69, 9.17) is 0 Å². The molecule has 1 aromatic heterocycles. The predicted octanol–water partition coefficient (Wildman–Crippen LogP) is 6.31. The fraction of sp³-hybridized carbons (Fsp3) is 0.0345. The Balaban J connectivity index is 1.47. The summed E-state index contributed by atoms with van der Waals surface area (Å²) in [7, 11) is 0. The van der Waals surface area contributed by atoms with Gasteiger partial charge in [-0.1, -0.05) is 84.9 Å². The summed E-state index contributed by atoms with van der Waals surface area (Å²) in [6.07, 6.45) is 3.80. The summed E-state index contributed by atoms with van der Waals surface area (Å²) >= 11 is 0. The van der Waals surface area contributed by atoms with Gasteiger partial charge in [-0.15, -0.1) is 0 Å². The lowest BCUT2D eigenvalue weighted by molar-refractivity contribution is 0.0990. The molecule has 0 spiro atoms. The number of hydrogen-bond donors (Lipinski definition) is 0. The Morgan fingerprint density at radius 1 is 0.656 bits per heavy atom. The predicted molar refractivity (Wildman–Crippen MR) is 128 cm³/mol. The van der Waals surface area contributed by atoms with E-state index in [2.05, 4.69) is 53.1 Å². The van der Waals surface area contributed by atoms with Crippen LogP contribution in [0.25, 0.3) is 27.8 Å². The van der Waals surface area contributed by atoms with Crippen LogP contribution >= 0.6 is 0 Å². The summed E-state index contributed by atoms with van der Waals surface area (Å²) in [6, 6.07) is 29.9. The first-order valence-corrected chi connectivity index (χ1v) is 10.7. The minimum absolute atomic E-state index is 0.198. The van der Waals surface area contributed by atoms with Crippen LogP contribution in [0.5, 0.6) is 0 Å². The molecule has 3 nitrogen and oxygen atoms in total. The number of ketones is 2. The highest BCUT2D eigenvalue weighted by molar-refractivity contribution is 6.41. The molecule has 152 valence electrons. The Labute approximate surface area is 185 Å². The number of carbonyl (C=O) groups excluding carboxylic acids is 2. The number of aromatic nitrogens is 1. The number of rotatable bonds is 3. The van der Waals surface area contributed by atoms with Crippen molar-refractivity contribution >= 4 is 39.3 Å². The Morgan fingerprint density at radius 3 is 2.06 bits per heavy atom.